The standard InChI is InChI=1S/C13H16N2O5/c1-9(2)7-12(16)6-4-10-3-5-11(14(17)18)8-13(10)15(19)20/h3,5,8-9H,4,6-7H2,1-2H3. The first-order valence-corrected chi connectivity index (χ1v) is 6.24. The monoisotopic (exact) mass is 280 g/mol. The number of benzene rings is 1. The van der Waals surface area contributed by atoms with Crippen LogP contribution >= 0.6 is 0 Å². The average Bonchev–Trinajstić information content (AvgIpc) is 2.35. The third-order valence-corrected chi connectivity index (χ3v) is 2.79. The Labute approximate surface area is 115 Å². The van der Waals surface area contributed by atoms with Gasteiger partial charge < -0.3 is 0 Å². The third kappa shape index (κ3) is 4.42. The van der Waals surface area contributed by atoms with E-state index >= 15 is 0 Å². The van der Waals surface area contributed by atoms with Gasteiger partial charge in [0.05, 0.1) is 15.9 Å². The summed E-state index contributed by atoms with van der Waals surface area (Å²) in [6.07, 6.45) is 0.859. The fourth-order valence-electron chi connectivity index (χ4n) is 1.88. The van der Waals surface area contributed by atoms with Gasteiger partial charge in [-0.3, -0.25) is 25.0 Å². The maximum atomic E-state index is 11.6. The molecule has 0 bridgehead atoms. The van der Waals surface area contributed by atoms with Crippen LogP contribution in [0.2, 0.25) is 0 Å². The summed E-state index contributed by atoms with van der Waals surface area (Å²) in [4.78, 5) is 31.8. The molecule has 0 radical (unpaired) electrons. The van der Waals surface area contributed by atoms with Crippen LogP contribution in [0.3, 0.4) is 0 Å². The molecule has 1 rings (SSSR count). The molecule has 0 saturated heterocycles. The summed E-state index contributed by atoms with van der Waals surface area (Å²) in [5, 5.41) is 21.5. The minimum atomic E-state index is -0.680. The van der Waals surface area contributed by atoms with Gasteiger partial charge in [0.25, 0.3) is 11.4 Å². The topological polar surface area (TPSA) is 103 Å². The number of hydrogen-bond acceptors (Lipinski definition) is 5. The van der Waals surface area contributed by atoms with Crippen LogP contribution in [0.1, 0.15) is 32.3 Å². The van der Waals surface area contributed by atoms with Gasteiger partial charge in [0.2, 0.25) is 0 Å². The van der Waals surface area contributed by atoms with Crippen molar-refractivity contribution in [1.82, 2.24) is 0 Å². The molecule has 0 unspecified atom stereocenters. The lowest BCUT2D eigenvalue weighted by Crippen LogP contribution is -2.05. The van der Waals surface area contributed by atoms with Gasteiger partial charge in [0.15, 0.2) is 0 Å². The molecule has 0 saturated carbocycles. The zero-order valence-electron chi connectivity index (χ0n) is 11.4. The SMILES string of the molecule is CC(C)CC(=O)CCc1ccc([N+](=O)[O-])cc1[N+](=O)[O-]. The van der Waals surface area contributed by atoms with Crippen LogP contribution in [0.4, 0.5) is 11.4 Å². The van der Waals surface area contributed by atoms with Gasteiger partial charge in [-0.25, -0.2) is 0 Å². The Morgan fingerprint density at radius 3 is 2.35 bits per heavy atom. The van der Waals surface area contributed by atoms with Crippen molar-refractivity contribution in [3.63, 3.8) is 0 Å². The van der Waals surface area contributed by atoms with E-state index in [1.165, 1.54) is 12.1 Å². The molecule has 1 aromatic rings. The maximum absolute atomic E-state index is 11.6. The second kappa shape index (κ2) is 6.74. The highest BCUT2D eigenvalue weighted by Crippen LogP contribution is 2.25. The number of ketones is 1. The van der Waals surface area contributed by atoms with Crippen LogP contribution in [0.25, 0.3) is 0 Å². The van der Waals surface area contributed by atoms with Crippen molar-refractivity contribution < 1.29 is 14.6 Å². The first kappa shape index (κ1) is 15.7. The van der Waals surface area contributed by atoms with Gasteiger partial charge >= 0.3 is 0 Å². The van der Waals surface area contributed by atoms with Gasteiger partial charge in [-0.2, -0.15) is 0 Å². The Kier molecular flexibility index (Phi) is 5.31. The van der Waals surface area contributed by atoms with E-state index < -0.39 is 9.85 Å². The fourth-order valence-corrected chi connectivity index (χ4v) is 1.88. The molecule has 7 heteroatoms. The van der Waals surface area contributed by atoms with Crippen molar-refractivity contribution in [2.24, 2.45) is 5.92 Å². The second-order valence-electron chi connectivity index (χ2n) is 4.96. The predicted octanol–water partition coefficient (Wildman–Crippen LogP) is 3.05. The van der Waals surface area contributed by atoms with Crippen molar-refractivity contribution in [3.05, 3.63) is 44.0 Å². The summed E-state index contributed by atoms with van der Waals surface area (Å²) in [6, 6.07) is 3.50. The predicted molar refractivity (Wildman–Crippen MR) is 72.5 cm³/mol. The highest BCUT2D eigenvalue weighted by atomic mass is 16.6. The van der Waals surface area contributed by atoms with Gasteiger partial charge in [0.1, 0.15) is 5.78 Å². The number of rotatable bonds is 7. The number of Topliss-reactive ketones (excluding diaryl/α,β-unsaturated/α-hetero) is 1. The van der Waals surface area contributed by atoms with Gasteiger partial charge in [-0.05, 0) is 18.4 Å². The van der Waals surface area contributed by atoms with E-state index in [1.807, 2.05) is 13.8 Å². The summed E-state index contributed by atoms with van der Waals surface area (Å²) in [7, 11) is 0. The number of aryl methyl sites for hydroxylation is 1. The smallest absolute Gasteiger partial charge is 0.279 e. The summed E-state index contributed by atoms with van der Waals surface area (Å²) >= 11 is 0. The molecule has 0 atom stereocenters. The normalized spacial score (nSPS) is 10.6. The Morgan fingerprint density at radius 2 is 1.85 bits per heavy atom. The van der Waals surface area contributed by atoms with Gasteiger partial charge in [-0.1, -0.05) is 13.8 Å². The Hall–Kier alpha value is -2.31. The quantitative estimate of drug-likeness (QED) is 0.564. The molecule has 0 aliphatic rings. The van der Waals surface area contributed by atoms with Gasteiger partial charge in [-0.15, -0.1) is 0 Å². The largest absolute Gasteiger partial charge is 0.300 e. The Balaban J connectivity index is 2.87. The molecule has 0 heterocycles. The third-order valence-electron chi connectivity index (χ3n) is 2.79. The lowest BCUT2D eigenvalue weighted by Gasteiger charge is -2.05. The van der Waals surface area contributed by atoms with E-state index in [0.717, 1.165) is 6.07 Å². The first-order chi connectivity index (χ1) is 9.31. The van der Waals surface area contributed by atoms with Crippen LogP contribution in [-0.2, 0) is 11.2 Å². The molecule has 0 spiro atoms. The lowest BCUT2D eigenvalue weighted by molar-refractivity contribution is -0.394. The van der Waals surface area contributed by atoms with E-state index in [4.69, 9.17) is 0 Å². The highest BCUT2D eigenvalue weighted by molar-refractivity contribution is 5.79. The van der Waals surface area contributed by atoms with Crippen molar-refractivity contribution in [2.45, 2.75) is 33.1 Å². The van der Waals surface area contributed by atoms with Crippen LogP contribution in [0, 0.1) is 26.1 Å². The fraction of sp³-hybridized carbons (Fsp3) is 0.462. The minimum absolute atomic E-state index is 0.0349. The molecule has 0 N–H and O–H groups in total. The average molecular weight is 280 g/mol. The number of hydrogen-bond donors (Lipinski definition) is 0. The number of carbonyl (C=O) groups is 1. The Bertz CT molecular complexity index is 540. The van der Waals surface area contributed by atoms with Gasteiger partial charge in [0, 0.05) is 24.5 Å². The molecule has 0 aliphatic carbocycles. The van der Waals surface area contributed by atoms with Crippen LogP contribution < -0.4 is 0 Å². The second-order valence-corrected chi connectivity index (χ2v) is 4.96. The van der Waals surface area contributed by atoms with E-state index in [0.29, 0.717) is 12.0 Å². The number of carbonyl (C=O) groups excluding carboxylic acids is 1. The molecule has 0 fully saturated rings. The van der Waals surface area contributed by atoms with Crippen LogP contribution in [-0.4, -0.2) is 15.6 Å². The number of nitrogens with zero attached hydrogens (tertiary/aromatic N) is 2. The Morgan fingerprint density at radius 1 is 1.20 bits per heavy atom. The van der Waals surface area contributed by atoms with Crippen molar-refractivity contribution >= 4 is 17.2 Å². The number of nitro benzene ring substituents is 2. The molecule has 20 heavy (non-hydrogen) atoms. The van der Waals surface area contributed by atoms with E-state index in [-0.39, 0.29) is 35.9 Å². The van der Waals surface area contributed by atoms with E-state index in [2.05, 4.69) is 0 Å². The van der Waals surface area contributed by atoms with Crippen LogP contribution in [0.5, 0.6) is 0 Å². The number of nitro groups is 2. The molecule has 0 amide bonds. The molecule has 7 nitrogen and oxygen atoms in total. The molecule has 108 valence electrons. The zero-order chi connectivity index (χ0) is 15.3. The van der Waals surface area contributed by atoms with E-state index in [1.54, 1.807) is 0 Å². The van der Waals surface area contributed by atoms with Crippen molar-refractivity contribution in [2.75, 3.05) is 0 Å². The number of non-ortho nitro benzene ring substituents is 1. The van der Waals surface area contributed by atoms with Crippen molar-refractivity contribution in [1.29, 1.82) is 0 Å². The molecular weight excluding hydrogens is 264 g/mol. The van der Waals surface area contributed by atoms with Crippen molar-refractivity contribution in [3.8, 4) is 0 Å². The summed E-state index contributed by atoms with van der Waals surface area (Å²) in [6.45, 7) is 3.85. The zero-order valence-corrected chi connectivity index (χ0v) is 11.4. The summed E-state index contributed by atoms with van der Waals surface area (Å²) < 4.78 is 0. The minimum Gasteiger partial charge on any atom is -0.300 e. The summed E-state index contributed by atoms with van der Waals surface area (Å²) in [5.74, 6) is 0.280. The van der Waals surface area contributed by atoms with Crippen LogP contribution in [0.15, 0.2) is 18.2 Å². The molecule has 1 aromatic carbocycles. The maximum Gasteiger partial charge on any atom is 0.279 e. The lowest BCUT2D eigenvalue weighted by atomic mass is 10.00. The summed E-state index contributed by atoms with van der Waals surface area (Å²) in [5.41, 5.74) is -0.289. The first-order valence-electron chi connectivity index (χ1n) is 6.24. The highest BCUT2D eigenvalue weighted by Gasteiger charge is 2.19. The molecule has 0 aliphatic heterocycles. The molecule has 0 aromatic heterocycles. The molecular formula is C13H16N2O5. The van der Waals surface area contributed by atoms with E-state index in [9.17, 15) is 25.0 Å².